The van der Waals surface area contributed by atoms with Crippen LogP contribution >= 0.6 is 0 Å². The van der Waals surface area contributed by atoms with Crippen LogP contribution in [0.1, 0.15) is 44.5 Å². The Morgan fingerprint density at radius 2 is 0.682 bits per heavy atom. The standard InChI is InChI=1S/C64H47NSi/c1-66(2)61-35-18-16-33-57(61)64(58-34-17-19-36-62(58)66)56-32-15-13-30-52(56)54-40-38-50(43-60(54)64)65(48-28-20-23-45(41-48)44-21-6-3-7-22-44)49-37-39-53-51-29-12-14-31-55(51)63(59(53)42-49,46-24-8-4-9-25-46)47-26-10-5-11-27-47/h3-43H,1-2H3. The number of hydrogen-bond acceptors (Lipinski definition) is 1. The average molecular weight is 858 g/mol. The molecule has 0 bridgehead atoms. The number of nitrogens with zero attached hydrogens (tertiary/aromatic N) is 1. The van der Waals surface area contributed by atoms with Gasteiger partial charge in [0, 0.05) is 17.1 Å². The number of hydrogen-bond donors (Lipinski definition) is 0. The van der Waals surface area contributed by atoms with Crippen LogP contribution in [0, 0.1) is 0 Å². The van der Waals surface area contributed by atoms with E-state index in [9.17, 15) is 0 Å². The van der Waals surface area contributed by atoms with Crippen molar-refractivity contribution >= 4 is 35.5 Å². The number of rotatable bonds is 6. The third-order valence-corrected chi connectivity index (χ3v) is 18.8. The van der Waals surface area contributed by atoms with Crippen molar-refractivity contribution in [3.8, 4) is 33.4 Å². The third-order valence-electron chi connectivity index (χ3n) is 15.2. The van der Waals surface area contributed by atoms with Gasteiger partial charge in [-0.1, -0.05) is 225 Å². The van der Waals surface area contributed by atoms with Gasteiger partial charge in [-0.25, -0.2) is 0 Å². The molecule has 2 aliphatic carbocycles. The first-order valence-corrected chi connectivity index (χ1v) is 26.3. The first-order chi connectivity index (χ1) is 32.5. The van der Waals surface area contributed by atoms with Gasteiger partial charge in [-0.15, -0.1) is 0 Å². The van der Waals surface area contributed by atoms with Crippen LogP contribution in [-0.4, -0.2) is 8.07 Å². The highest BCUT2D eigenvalue weighted by atomic mass is 28.3. The number of fused-ring (bicyclic) bond motifs is 12. The normalized spacial score (nSPS) is 14.9. The fourth-order valence-corrected chi connectivity index (χ4v) is 15.7. The van der Waals surface area contributed by atoms with E-state index in [0.29, 0.717) is 0 Å². The lowest BCUT2D eigenvalue weighted by Gasteiger charge is -2.46. The van der Waals surface area contributed by atoms with Crippen LogP contribution in [0.15, 0.2) is 249 Å². The summed E-state index contributed by atoms with van der Waals surface area (Å²) in [6.07, 6.45) is 0. The van der Waals surface area contributed by atoms with E-state index < -0.39 is 18.9 Å². The van der Waals surface area contributed by atoms with Gasteiger partial charge in [0.25, 0.3) is 0 Å². The fraction of sp³-hybridized carbons (Fsp3) is 0.0625. The lowest BCUT2D eigenvalue weighted by Crippen LogP contribution is -2.63. The Bertz CT molecular complexity index is 3430. The Morgan fingerprint density at radius 3 is 1.23 bits per heavy atom. The van der Waals surface area contributed by atoms with E-state index in [1.807, 2.05) is 0 Å². The Balaban J connectivity index is 1.10. The molecule has 0 fully saturated rings. The quantitative estimate of drug-likeness (QED) is 0.151. The largest absolute Gasteiger partial charge is 0.310 e. The van der Waals surface area contributed by atoms with Crippen LogP contribution in [0.25, 0.3) is 33.4 Å². The minimum Gasteiger partial charge on any atom is -0.310 e. The topological polar surface area (TPSA) is 3.24 Å². The second kappa shape index (κ2) is 14.6. The van der Waals surface area contributed by atoms with Crippen molar-refractivity contribution in [2.45, 2.75) is 23.9 Å². The van der Waals surface area contributed by atoms with Gasteiger partial charge in [0.2, 0.25) is 0 Å². The molecule has 0 atom stereocenters. The molecule has 1 nitrogen and oxygen atoms in total. The zero-order valence-corrected chi connectivity index (χ0v) is 38.1. The Labute approximate surface area is 389 Å². The molecule has 312 valence electrons. The van der Waals surface area contributed by atoms with Crippen LogP contribution in [0.5, 0.6) is 0 Å². The number of benzene rings is 10. The molecule has 13 rings (SSSR count). The SMILES string of the molecule is C[Si]1(C)c2ccccc2C2(c3ccccc3-c3ccc(N(c4cccc(-c5ccccc5)c4)c4ccc5c(c4)C(c4ccccc4)(c4ccccc4)c4ccccc4-5)cc32)c2ccccc21. The Kier molecular flexibility index (Phi) is 8.56. The first-order valence-electron chi connectivity index (χ1n) is 23.3. The second-order valence-corrected chi connectivity index (χ2v) is 23.1. The van der Waals surface area contributed by atoms with E-state index in [0.717, 1.165) is 17.1 Å². The maximum Gasteiger partial charge on any atom is 0.113 e. The van der Waals surface area contributed by atoms with E-state index in [1.54, 1.807) is 0 Å². The van der Waals surface area contributed by atoms with Gasteiger partial charge in [-0.2, -0.15) is 0 Å². The summed E-state index contributed by atoms with van der Waals surface area (Å²) in [5.41, 5.74) is 20.6. The second-order valence-electron chi connectivity index (χ2n) is 18.8. The monoisotopic (exact) mass is 857 g/mol. The smallest absolute Gasteiger partial charge is 0.113 e. The molecule has 3 aliphatic rings. The highest BCUT2D eigenvalue weighted by Gasteiger charge is 2.54. The van der Waals surface area contributed by atoms with Gasteiger partial charge in [-0.05, 0) is 125 Å². The van der Waals surface area contributed by atoms with E-state index in [1.165, 1.54) is 88.3 Å². The summed E-state index contributed by atoms with van der Waals surface area (Å²) < 4.78 is 0. The van der Waals surface area contributed by atoms with Crippen molar-refractivity contribution < 1.29 is 0 Å². The predicted octanol–water partition coefficient (Wildman–Crippen LogP) is 14.7. The van der Waals surface area contributed by atoms with E-state index in [2.05, 4.69) is 267 Å². The van der Waals surface area contributed by atoms with Crippen LogP contribution in [0.3, 0.4) is 0 Å². The van der Waals surface area contributed by atoms with Crippen LogP contribution in [0.2, 0.25) is 13.1 Å². The van der Waals surface area contributed by atoms with Gasteiger partial charge in [0.05, 0.1) is 10.8 Å². The molecule has 0 amide bonds. The summed E-state index contributed by atoms with van der Waals surface area (Å²) in [5.74, 6) is 0. The maximum atomic E-state index is 2.54. The van der Waals surface area contributed by atoms with E-state index >= 15 is 0 Å². The first kappa shape index (κ1) is 38.7. The summed E-state index contributed by atoms with van der Waals surface area (Å²) in [7, 11) is -2.06. The van der Waals surface area contributed by atoms with Crippen molar-refractivity contribution in [3.05, 3.63) is 293 Å². The van der Waals surface area contributed by atoms with Crippen molar-refractivity contribution in [2.75, 3.05) is 4.90 Å². The summed E-state index contributed by atoms with van der Waals surface area (Å²) in [5, 5.41) is 3.03. The molecular weight excluding hydrogens is 811 g/mol. The lowest BCUT2D eigenvalue weighted by atomic mass is 9.67. The Hall–Kier alpha value is -7.78. The van der Waals surface area contributed by atoms with Gasteiger partial charge in [-0.3, -0.25) is 0 Å². The molecule has 1 spiro atoms. The van der Waals surface area contributed by atoms with Crippen LogP contribution in [-0.2, 0) is 10.8 Å². The van der Waals surface area contributed by atoms with Crippen LogP contribution in [0.4, 0.5) is 17.1 Å². The van der Waals surface area contributed by atoms with Gasteiger partial charge < -0.3 is 4.90 Å². The zero-order chi connectivity index (χ0) is 44.0. The van der Waals surface area contributed by atoms with Crippen molar-refractivity contribution in [1.29, 1.82) is 0 Å². The van der Waals surface area contributed by atoms with E-state index in [-0.39, 0.29) is 0 Å². The van der Waals surface area contributed by atoms with Crippen molar-refractivity contribution in [2.24, 2.45) is 0 Å². The molecule has 66 heavy (non-hydrogen) atoms. The fourth-order valence-electron chi connectivity index (χ4n) is 12.5. The predicted molar refractivity (Wildman–Crippen MR) is 278 cm³/mol. The summed E-state index contributed by atoms with van der Waals surface area (Å²) in [6, 6.07) is 93.8. The van der Waals surface area contributed by atoms with Crippen molar-refractivity contribution in [3.63, 3.8) is 0 Å². The minimum atomic E-state index is -2.06. The highest BCUT2D eigenvalue weighted by molar-refractivity contribution is 7.01. The summed E-state index contributed by atoms with van der Waals surface area (Å²) in [4.78, 5) is 2.52. The highest BCUT2D eigenvalue weighted by Crippen LogP contribution is 2.60. The molecule has 0 N–H and O–H groups in total. The molecule has 0 aromatic heterocycles. The summed E-state index contributed by atoms with van der Waals surface area (Å²) >= 11 is 0. The molecule has 0 radical (unpaired) electrons. The van der Waals surface area contributed by atoms with E-state index in [4.69, 9.17) is 0 Å². The van der Waals surface area contributed by atoms with Gasteiger partial charge in [0.15, 0.2) is 0 Å². The molecular formula is C64H47NSi. The summed E-state index contributed by atoms with van der Waals surface area (Å²) in [6.45, 7) is 5.07. The third kappa shape index (κ3) is 5.28. The molecule has 1 aliphatic heterocycles. The minimum absolute atomic E-state index is 0.482. The van der Waals surface area contributed by atoms with Gasteiger partial charge in [0.1, 0.15) is 8.07 Å². The molecule has 0 saturated carbocycles. The molecule has 0 saturated heterocycles. The van der Waals surface area contributed by atoms with Crippen LogP contribution < -0.4 is 15.3 Å². The molecule has 1 heterocycles. The van der Waals surface area contributed by atoms with Crippen molar-refractivity contribution in [1.82, 2.24) is 0 Å². The molecule has 10 aromatic rings. The molecule has 2 heteroatoms. The molecule has 0 unspecified atom stereocenters. The number of anilines is 3. The molecule has 10 aromatic carbocycles. The maximum absolute atomic E-state index is 2.54. The van der Waals surface area contributed by atoms with Gasteiger partial charge >= 0.3 is 0 Å². The average Bonchev–Trinajstić information content (AvgIpc) is 3.85. The zero-order valence-electron chi connectivity index (χ0n) is 37.1. The lowest BCUT2D eigenvalue weighted by molar-refractivity contribution is 0.768. The Morgan fingerprint density at radius 1 is 0.288 bits per heavy atom.